The van der Waals surface area contributed by atoms with Gasteiger partial charge in [0, 0.05) is 6.42 Å². The number of amides is 3. The van der Waals surface area contributed by atoms with Crippen molar-refractivity contribution in [3.8, 4) is 5.75 Å². The number of aliphatic carboxylic acids is 2. The van der Waals surface area contributed by atoms with Gasteiger partial charge in [-0.3, -0.25) is 19.2 Å². The molecule has 0 saturated carbocycles. The number of aromatic hydroxyl groups is 1. The van der Waals surface area contributed by atoms with Crippen LogP contribution < -0.4 is 21.7 Å². The number of rotatable bonds is 14. The molecule has 0 saturated heterocycles. The van der Waals surface area contributed by atoms with Crippen molar-refractivity contribution in [3.63, 3.8) is 0 Å². The third kappa shape index (κ3) is 9.59. The number of carbonyl (C=O) groups is 5. The zero-order valence-corrected chi connectivity index (χ0v) is 19.4. The summed E-state index contributed by atoms with van der Waals surface area (Å²) in [5.74, 6) is -5.80. The molecule has 0 aliphatic carbocycles. The standard InChI is InChI=1S/C22H32N4O9/c1-3-11(2)18(26-20(32)16(10-27)25-19(31)14(23)9-17(29)30)21(33)24-15(22(34)35)8-12-4-6-13(28)7-5-12/h4-7,11,14-16,18,27-28H,3,8-10,23H2,1-2H3,(H,24,33)(H,25,31)(H,26,32)(H,29,30)(H,34,35). The molecule has 0 heterocycles. The van der Waals surface area contributed by atoms with Gasteiger partial charge in [-0.05, 0) is 23.6 Å². The topological polar surface area (TPSA) is 228 Å². The summed E-state index contributed by atoms with van der Waals surface area (Å²) in [6.45, 7) is 2.54. The Kier molecular flexibility index (Phi) is 11.6. The maximum atomic E-state index is 12.9. The van der Waals surface area contributed by atoms with Crippen LogP contribution in [0.2, 0.25) is 0 Å². The average Bonchev–Trinajstić information content (AvgIpc) is 2.80. The second-order valence-corrected chi connectivity index (χ2v) is 8.09. The molecular formula is C22H32N4O9. The normalized spacial score (nSPS) is 15.1. The molecule has 35 heavy (non-hydrogen) atoms. The number of carbonyl (C=O) groups excluding carboxylic acids is 3. The molecule has 0 aromatic heterocycles. The fraction of sp³-hybridized carbons (Fsp3) is 0.500. The molecule has 9 N–H and O–H groups in total. The largest absolute Gasteiger partial charge is 0.508 e. The van der Waals surface area contributed by atoms with Gasteiger partial charge in [0.05, 0.1) is 19.1 Å². The summed E-state index contributed by atoms with van der Waals surface area (Å²) >= 11 is 0. The SMILES string of the molecule is CCC(C)C(NC(=O)C(CO)NC(=O)C(N)CC(=O)O)C(=O)NC(Cc1ccc(O)cc1)C(=O)O. The Balaban J connectivity index is 2.94. The Labute approximate surface area is 201 Å². The highest BCUT2D eigenvalue weighted by atomic mass is 16.4. The van der Waals surface area contributed by atoms with E-state index < -0.39 is 72.8 Å². The molecule has 13 nitrogen and oxygen atoms in total. The van der Waals surface area contributed by atoms with Gasteiger partial charge in [-0.1, -0.05) is 32.4 Å². The lowest BCUT2D eigenvalue weighted by molar-refractivity contribution is -0.142. The van der Waals surface area contributed by atoms with Crippen molar-refractivity contribution in [2.45, 2.75) is 57.3 Å². The second-order valence-electron chi connectivity index (χ2n) is 8.09. The Morgan fingerprint density at radius 1 is 0.914 bits per heavy atom. The quantitative estimate of drug-likeness (QED) is 0.146. The lowest BCUT2D eigenvalue weighted by Crippen LogP contribution is -2.59. The van der Waals surface area contributed by atoms with Crippen molar-refractivity contribution in [1.82, 2.24) is 16.0 Å². The summed E-state index contributed by atoms with van der Waals surface area (Å²) in [5, 5.41) is 44.1. The first kappa shape index (κ1) is 29.3. The van der Waals surface area contributed by atoms with Crippen LogP contribution in [0.5, 0.6) is 5.75 Å². The van der Waals surface area contributed by atoms with Crippen LogP contribution in [0, 0.1) is 5.92 Å². The van der Waals surface area contributed by atoms with Crippen LogP contribution >= 0.6 is 0 Å². The Morgan fingerprint density at radius 3 is 1.97 bits per heavy atom. The van der Waals surface area contributed by atoms with Gasteiger partial charge in [-0.25, -0.2) is 4.79 Å². The lowest BCUT2D eigenvalue weighted by Gasteiger charge is -2.27. The van der Waals surface area contributed by atoms with E-state index in [4.69, 9.17) is 10.8 Å². The van der Waals surface area contributed by atoms with E-state index in [0.717, 1.165) is 0 Å². The van der Waals surface area contributed by atoms with Gasteiger partial charge in [0.25, 0.3) is 0 Å². The van der Waals surface area contributed by atoms with Crippen molar-refractivity contribution in [2.75, 3.05) is 6.61 Å². The number of carboxylic acid groups (broad SMARTS) is 2. The molecule has 0 bridgehead atoms. The van der Waals surface area contributed by atoms with E-state index in [0.29, 0.717) is 12.0 Å². The zero-order valence-electron chi connectivity index (χ0n) is 19.4. The summed E-state index contributed by atoms with van der Waals surface area (Å²) in [5.41, 5.74) is 6.00. The van der Waals surface area contributed by atoms with E-state index >= 15 is 0 Å². The van der Waals surface area contributed by atoms with Crippen molar-refractivity contribution >= 4 is 29.7 Å². The average molecular weight is 497 g/mol. The predicted octanol–water partition coefficient (Wildman–Crippen LogP) is -1.69. The maximum Gasteiger partial charge on any atom is 0.326 e. The van der Waals surface area contributed by atoms with Crippen LogP contribution in [-0.4, -0.2) is 80.9 Å². The number of nitrogens with one attached hydrogen (secondary N) is 3. The van der Waals surface area contributed by atoms with E-state index in [-0.39, 0.29) is 12.2 Å². The first-order chi connectivity index (χ1) is 16.4. The molecule has 5 unspecified atom stereocenters. The number of carboxylic acids is 2. The molecule has 0 spiro atoms. The van der Waals surface area contributed by atoms with Crippen LogP contribution in [0.1, 0.15) is 32.3 Å². The minimum Gasteiger partial charge on any atom is -0.508 e. The van der Waals surface area contributed by atoms with Crippen LogP contribution in [0.25, 0.3) is 0 Å². The summed E-state index contributed by atoms with van der Waals surface area (Å²) in [6.07, 6.45) is -0.353. The van der Waals surface area contributed by atoms with Crippen LogP contribution in [0.3, 0.4) is 0 Å². The Hall–Kier alpha value is -3.71. The first-order valence-corrected chi connectivity index (χ1v) is 10.9. The number of hydrogen-bond acceptors (Lipinski definition) is 8. The molecule has 13 heteroatoms. The summed E-state index contributed by atoms with van der Waals surface area (Å²) in [4.78, 5) is 60.1. The highest BCUT2D eigenvalue weighted by molar-refractivity contribution is 5.95. The van der Waals surface area contributed by atoms with Crippen molar-refractivity contribution in [2.24, 2.45) is 11.7 Å². The van der Waals surface area contributed by atoms with Crippen LogP contribution in [0.4, 0.5) is 0 Å². The number of aliphatic hydroxyl groups is 1. The number of phenolic OH excluding ortho intramolecular Hbond substituents is 1. The van der Waals surface area contributed by atoms with Crippen LogP contribution in [-0.2, 0) is 30.4 Å². The minimum absolute atomic E-state index is 0.00125. The summed E-state index contributed by atoms with van der Waals surface area (Å²) in [7, 11) is 0. The number of benzene rings is 1. The molecular weight excluding hydrogens is 464 g/mol. The monoisotopic (exact) mass is 496 g/mol. The number of phenols is 1. The smallest absolute Gasteiger partial charge is 0.326 e. The first-order valence-electron chi connectivity index (χ1n) is 10.9. The third-order valence-electron chi connectivity index (χ3n) is 5.33. The Morgan fingerprint density at radius 2 is 1.49 bits per heavy atom. The van der Waals surface area contributed by atoms with Gasteiger partial charge in [0.2, 0.25) is 17.7 Å². The van der Waals surface area contributed by atoms with Crippen molar-refractivity contribution in [3.05, 3.63) is 29.8 Å². The molecule has 194 valence electrons. The minimum atomic E-state index is -1.52. The zero-order chi connectivity index (χ0) is 26.7. The van der Waals surface area contributed by atoms with Gasteiger partial charge in [-0.15, -0.1) is 0 Å². The fourth-order valence-corrected chi connectivity index (χ4v) is 3.04. The number of hydrogen-bond donors (Lipinski definition) is 8. The molecule has 3 amide bonds. The summed E-state index contributed by atoms with van der Waals surface area (Å²) in [6, 6.07) is 0.261. The molecule has 1 aromatic rings. The van der Waals surface area contributed by atoms with E-state index in [1.807, 2.05) is 0 Å². The van der Waals surface area contributed by atoms with E-state index in [1.165, 1.54) is 24.3 Å². The molecule has 1 aromatic carbocycles. The second kappa shape index (κ2) is 13.9. The lowest BCUT2D eigenvalue weighted by atomic mass is 9.97. The maximum absolute atomic E-state index is 12.9. The molecule has 0 aliphatic heterocycles. The number of aliphatic hydroxyl groups excluding tert-OH is 1. The molecule has 5 atom stereocenters. The summed E-state index contributed by atoms with van der Waals surface area (Å²) < 4.78 is 0. The molecule has 1 rings (SSSR count). The highest BCUT2D eigenvalue weighted by Crippen LogP contribution is 2.13. The van der Waals surface area contributed by atoms with Gasteiger partial charge in [-0.2, -0.15) is 0 Å². The van der Waals surface area contributed by atoms with Gasteiger partial charge in [0.15, 0.2) is 0 Å². The molecule has 0 aliphatic rings. The van der Waals surface area contributed by atoms with E-state index in [2.05, 4.69) is 16.0 Å². The number of nitrogens with two attached hydrogens (primary N) is 1. The van der Waals surface area contributed by atoms with Gasteiger partial charge < -0.3 is 42.1 Å². The third-order valence-corrected chi connectivity index (χ3v) is 5.33. The van der Waals surface area contributed by atoms with E-state index in [9.17, 15) is 39.3 Å². The predicted molar refractivity (Wildman–Crippen MR) is 122 cm³/mol. The van der Waals surface area contributed by atoms with Crippen LogP contribution in [0.15, 0.2) is 24.3 Å². The molecule has 0 fully saturated rings. The van der Waals surface area contributed by atoms with E-state index in [1.54, 1.807) is 13.8 Å². The van der Waals surface area contributed by atoms with Crippen molar-refractivity contribution < 1.29 is 44.4 Å². The van der Waals surface area contributed by atoms with Gasteiger partial charge in [0.1, 0.15) is 23.9 Å². The van der Waals surface area contributed by atoms with Crippen molar-refractivity contribution in [1.29, 1.82) is 0 Å². The fourth-order valence-electron chi connectivity index (χ4n) is 3.04. The Bertz CT molecular complexity index is 907. The molecule has 0 radical (unpaired) electrons. The van der Waals surface area contributed by atoms with Gasteiger partial charge >= 0.3 is 11.9 Å². The highest BCUT2D eigenvalue weighted by Gasteiger charge is 2.32.